The fourth-order valence-electron chi connectivity index (χ4n) is 3.28. The van der Waals surface area contributed by atoms with Gasteiger partial charge in [0.1, 0.15) is 17.4 Å². The molecule has 1 aliphatic carbocycles. The Labute approximate surface area is 141 Å². The first-order valence-corrected chi connectivity index (χ1v) is 8.14. The van der Waals surface area contributed by atoms with Gasteiger partial charge in [0.05, 0.1) is 22.3 Å². The summed E-state index contributed by atoms with van der Waals surface area (Å²) in [5, 5.41) is 14.8. The van der Waals surface area contributed by atoms with Gasteiger partial charge in [0, 0.05) is 12.2 Å². The van der Waals surface area contributed by atoms with Crippen LogP contribution in [0.1, 0.15) is 42.6 Å². The zero-order valence-corrected chi connectivity index (χ0v) is 13.4. The molecule has 1 fully saturated rings. The molecule has 1 aromatic carbocycles. The van der Waals surface area contributed by atoms with E-state index in [0.29, 0.717) is 11.9 Å². The number of anilines is 2. The Bertz CT molecular complexity index is 994. The molecular weight excluding hydrogens is 329 g/mol. The molecule has 3 N–H and O–H groups in total. The summed E-state index contributed by atoms with van der Waals surface area (Å²) in [6, 6.07) is 0.536. The highest BCUT2D eigenvalue weighted by atomic mass is 19.1. The van der Waals surface area contributed by atoms with Crippen molar-refractivity contribution in [2.75, 3.05) is 10.6 Å². The van der Waals surface area contributed by atoms with Crippen molar-refractivity contribution in [1.82, 2.24) is 4.57 Å². The second-order valence-electron chi connectivity index (χ2n) is 6.41. The number of amides is 1. The topological polar surface area (TPSA) is 100 Å². The Morgan fingerprint density at radius 2 is 2.08 bits per heavy atom. The first-order valence-electron chi connectivity index (χ1n) is 8.14. The van der Waals surface area contributed by atoms with Gasteiger partial charge in [0.25, 0.3) is 0 Å². The van der Waals surface area contributed by atoms with Crippen LogP contribution in [0.3, 0.4) is 0 Å². The van der Waals surface area contributed by atoms with Crippen LogP contribution in [-0.4, -0.2) is 27.6 Å². The Kier molecular flexibility index (Phi) is 3.31. The number of hydrogen-bond donors (Lipinski definition) is 3. The summed E-state index contributed by atoms with van der Waals surface area (Å²) in [4.78, 5) is 36.1. The molecule has 4 rings (SSSR count). The SMILES string of the molecule is CC[C@@H]1Nc2c(F)cc3c(=O)c(C(=O)O)cn(C4CC4)c3c2NC1=O. The third kappa shape index (κ3) is 2.28. The van der Waals surface area contributed by atoms with Gasteiger partial charge in [-0.1, -0.05) is 6.92 Å². The molecule has 2 aromatic rings. The van der Waals surface area contributed by atoms with E-state index < -0.39 is 28.8 Å². The molecule has 0 radical (unpaired) electrons. The molecule has 1 atom stereocenters. The van der Waals surface area contributed by atoms with Gasteiger partial charge in [-0.2, -0.15) is 0 Å². The number of benzene rings is 1. The van der Waals surface area contributed by atoms with E-state index in [9.17, 15) is 23.9 Å². The lowest BCUT2D eigenvalue weighted by Gasteiger charge is -2.28. The van der Waals surface area contributed by atoms with Crippen molar-refractivity contribution in [1.29, 1.82) is 0 Å². The molecule has 0 saturated heterocycles. The molecule has 1 aliphatic heterocycles. The number of rotatable bonds is 3. The third-order valence-corrected chi connectivity index (χ3v) is 4.73. The monoisotopic (exact) mass is 345 g/mol. The smallest absolute Gasteiger partial charge is 0.341 e. The quantitative estimate of drug-likeness (QED) is 0.793. The van der Waals surface area contributed by atoms with Crippen molar-refractivity contribution in [2.45, 2.75) is 38.3 Å². The molecular formula is C17H16FN3O4. The lowest BCUT2D eigenvalue weighted by Crippen LogP contribution is -2.39. The fourth-order valence-corrected chi connectivity index (χ4v) is 3.28. The highest BCUT2D eigenvalue weighted by Crippen LogP contribution is 2.42. The van der Waals surface area contributed by atoms with Gasteiger partial charge in [-0.3, -0.25) is 9.59 Å². The number of hydrogen-bond acceptors (Lipinski definition) is 4. The zero-order valence-electron chi connectivity index (χ0n) is 13.4. The largest absolute Gasteiger partial charge is 0.477 e. The molecule has 0 spiro atoms. The van der Waals surface area contributed by atoms with Gasteiger partial charge in [-0.25, -0.2) is 9.18 Å². The molecule has 8 heteroatoms. The second-order valence-corrected chi connectivity index (χ2v) is 6.41. The molecule has 2 heterocycles. The van der Waals surface area contributed by atoms with E-state index in [2.05, 4.69) is 10.6 Å². The van der Waals surface area contributed by atoms with Crippen LogP contribution in [-0.2, 0) is 4.79 Å². The molecule has 1 saturated carbocycles. The number of carbonyl (C=O) groups excluding carboxylic acids is 1. The van der Waals surface area contributed by atoms with E-state index in [4.69, 9.17) is 0 Å². The number of nitrogens with zero attached hydrogens (tertiary/aromatic N) is 1. The minimum absolute atomic E-state index is 0.0385. The van der Waals surface area contributed by atoms with Crippen LogP contribution in [0.5, 0.6) is 0 Å². The van der Waals surface area contributed by atoms with Crippen molar-refractivity contribution >= 4 is 34.2 Å². The molecule has 1 amide bonds. The summed E-state index contributed by atoms with van der Waals surface area (Å²) in [6.45, 7) is 1.81. The summed E-state index contributed by atoms with van der Waals surface area (Å²) in [6.07, 6.45) is 3.45. The van der Waals surface area contributed by atoms with Crippen molar-refractivity contribution in [3.8, 4) is 0 Å². The van der Waals surface area contributed by atoms with Crippen LogP contribution in [0, 0.1) is 5.82 Å². The number of aromatic carboxylic acids is 1. The molecule has 1 aromatic heterocycles. The number of carbonyl (C=O) groups is 2. The maximum absolute atomic E-state index is 14.6. The lowest BCUT2D eigenvalue weighted by atomic mass is 10.0. The van der Waals surface area contributed by atoms with E-state index in [1.54, 1.807) is 11.5 Å². The van der Waals surface area contributed by atoms with Crippen molar-refractivity contribution < 1.29 is 19.1 Å². The Balaban J connectivity index is 2.09. The van der Waals surface area contributed by atoms with Gasteiger partial charge in [-0.15, -0.1) is 0 Å². The highest BCUT2D eigenvalue weighted by molar-refractivity contribution is 6.11. The summed E-state index contributed by atoms with van der Waals surface area (Å²) in [5.41, 5.74) is -0.459. The van der Waals surface area contributed by atoms with Crippen LogP contribution in [0.15, 0.2) is 17.1 Å². The highest BCUT2D eigenvalue weighted by Gasteiger charge is 2.33. The summed E-state index contributed by atoms with van der Waals surface area (Å²) < 4.78 is 16.3. The van der Waals surface area contributed by atoms with Crippen molar-refractivity contribution in [2.24, 2.45) is 0 Å². The number of halogens is 1. The van der Waals surface area contributed by atoms with E-state index in [0.717, 1.165) is 18.9 Å². The van der Waals surface area contributed by atoms with Gasteiger partial charge >= 0.3 is 5.97 Å². The number of carboxylic acids is 1. The lowest BCUT2D eigenvalue weighted by molar-refractivity contribution is -0.117. The molecule has 2 aliphatic rings. The molecule has 25 heavy (non-hydrogen) atoms. The van der Waals surface area contributed by atoms with Crippen molar-refractivity contribution in [3.05, 3.63) is 33.9 Å². The van der Waals surface area contributed by atoms with E-state index >= 15 is 0 Å². The average Bonchev–Trinajstić information content (AvgIpc) is 3.40. The zero-order chi connectivity index (χ0) is 17.9. The average molecular weight is 345 g/mol. The van der Waals surface area contributed by atoms with Gasteiger partial charge in [0.2, 0.25) is 11.3 Å². The van der Waals surface area contributed by atoms with E-state index in [1.807, 2.05) is 0 Å². The Morgan fingerprint density at radius 1 is 1.36 bits per heavy atom. The van der Waals surface area contributed by atoms with E-state index in [1.165, 1.54) is 6.20 Å². The van der Waals surface area contributed by atoms with Crippen LogP contribution in [0.2, 0.25) is 0 Å². The van der Waals surface area contributed by atoms with Crippen molar-refractivity contribution in [3.63, 3.8) is 0 Å². The first kappa shape index (κ1) is 15.6. The molecule has 0 bridgehead atoms. The minimum atomic E-state index is -1.35. The maximum Gasteiger partial charge on any atom is 0.341 e. The second kappa shape index (κ2) is 5.30. The summed E-state index contributed by atoms with van der Waals surface area (Å²) in [5.74, 6) is -2.35. The minimum Gasteiger partial charge on any atom is -0.477 e. The van der Waals surface area contributed by atoms with Crippen LogP contribution in [0.25, 0.3) is 10.9 Å². The predicted octanol–water partition coefficient (Wildman–Crippen LogP) is 2.32. The maximum atomic E-state index is 14.6. The normalized spacial score (nSPS) is 19.3. The number of aromatic nitrogens is 1. The Hall–Kier alpha value is -2.90. The van der Waals surface area contributed by atoms with Gasteiger partial charge in [-0.05, 0) is 25.3 Å². The van der Waals surface area contributed by atoms with Crippen LogP contribution >= 0.6 is 0 Å². The van der Waals surface area contributed by atoms with E-state index in [-0.39, 0.29) is 28.7 Å². The standard InChI is InChI=1S/C17H16FN3O4/c1-2-11-16(23)20-13-12(19-11)10(18)5-8-14(13)21(7-3-4-7)6-9(15(8)22)17(24)25/h5-7,11,19H,2-4H2,1H3,(H,20,23)(H,24,25)/t11-/m0/s1. The summed E-state index contributed by atoms with van der Waals surface area (Å²) >= 11 is 0. The van der Waals surface area contributed by atoms with Gasteiger partial charge in [0.15, 0.2) is 0 Å². The number of nitrogens with one attached hydrogen (secondary N) is 2. The third-order valence-electron chi connectivity index (χ3n) is 4.73. The number of fused-ring (bicyclic) bond motifs is 3. The molecule has 130 valence electrons. The Morgan fingerprint density at radius 3 is 2.68 bits per heavy atom. The first-order chi connectivity index (χ1) is 11.9. The predicted molar refractivity (Wildman–Crippen MR) is 89.7 cm³/mol. The number of pyridine rings is 1. The molecule has 7 nitrogen and oxygen atoms in total. The van der Waals surface area contributed by atoms with Crippen LogP contribution < -0.4 is 16.1 Å². The van der Waals surface area contributed by atoms with Gasteiger partial charge < -0.3 is 20.3 Å². The van der Waals surface area contributed by atoms with Crippen LogP contribution in [0.4, 0.5) is 15.8 Å². The summed E-state index contributed by atoms with van der Waals surface area (Å²) in [7, 11) is 0. The fraction of sp³-hybridized carbons (Fsp3) is 0.353. The number of carboxylic acid groups (broad SMARTS) is 1. The molecule has 0 unspecified atom stereocenters.